The fourth-order valence-electron chi connectivity index (χ4n) is 3.39. The molecule has 2 aromatic heterocycles. The number of piperazine rings is 1. The van der Waals surface area contributed by atoms with Gasteiger partial charge < -0.3 is 4.90 Å². The maximum Gasteiger partial charge on any atom is 0.249 e. The molecule has 3 heterocycles. The van der Waals surface area contributed by atoms with Crippen molar-refractivity contribution in [1.82, 2.24) is 23.8 Å². The zero-order valence-electron chi connectivity index (χ0n) is 16.5. The van der Waals surface area contributed by atoms with Gasteiger partial charge in [-0.15, -0.1) is 0 Å². The number of nitrogens with zero attached hydrogens (tertiary/aromatic N) is 6. The van der Waals surface area contributed by atoms with Gasteiger partial charge in [0.25, 0.3) is 0 Å². The Balaban J connectivity index is 1.53. The van der Waals surface area contributed by atoms with Gasteiger partial charge in [0.15, 0.2) is 4.90 Å². The number of aryl methyl sites for hydroxylation is 1. The average molecular weight is 434 g/mol. The first-order valence-electron chi connectivity index (χ1n) is 9.31. The lowest BCUT2D eigenvalue weighted by atomic mass is 10.3. The van der Waals surface area contributed by atoms with Crippen LogP contribution in [-0.2, 0) is 10.0 Å². The average Bonchev–Trinajstić information content (AvgIpc) is 3.06. The molecule has 0 amide bonds. The molecule has 0 N–H and O–H groups in total. The molecule has 8 nitrogen and oxygen atoms in total. The molecule has 11 heteroatoms. The molecule has 4 rings (SSSR count). The molecule has 0 atom stereocenters. The third-order valence-corrected chi connectivity index (χ3v) is 7.17. The summed E-state index contributed by atoms with van der Waals surface area (Å²) in [5.41, 5.74) is 1.86. The van der Waals surface area contributed by atoms with Gasteiger partial charge in [0.05, 0.1) is 5.69 Å². The van der Waals surface area contributed by atoms with Crippen LogP contribution < -0.4 is 4.90 Å². The van der Waals surface area contributed by atoms with Crippen molar-refractivity contribution < 1.29 is 17.2 Å². The van der Waals surface area contributed by atoms with Gasteiger partial charge in [0.1, 0.15) is 35.9 Å². The number of aromatic nitrogens is 4. The van der Waals surface area contributed by atoms with Gasteiger partial charge in [-0.3, -0.25) is 4.57 Å². The number of imidazole rings is 1. The SMILES string of the molecule is Cc1ncn(-c2cc(N3CCN(S(=O)(=O)c4c(F)cccc4F)CC3)ncn2)c1C. The first-order valence-corrected chi connectivity index (χ1v) is 10.7. The van der Waals surface area contributed by atoms with Crippen molar-refractivity contribution in [3.8, 4) is 5.82 Å². The highest BCUT2D eigenvalue weighted by Crippen LogP contribution is 2.25. The Hall–Kier alpha value is -2.92. The molecular formula is C19H20F2N6O2S. The van der Waals surface area contributed by atoms with E-state index in [0.717, 1.165) is 33.9 Å². The van der Waals surface area contributed by atoms with Crippen LogP contribution in [0.4, 0.5) is 14.6 Å². The molecule has 0 aliphatic carbocycles. The van der Waals surface area contributed by atoms with Crippen LogP contribution in [-0.4, -0.2) is 58.4 Å². The Bertz CT molecular complexity index is 1170. The van der Waals surface area contributed by atoms with Gasteiger partial charge in [-0.25, -0.2) is 32.2 Å². The van der Waals surface area contributed by atoms with Crippen LogP contribution in [0.3, 0.4) is 0 Å². The van der Waals surface area contributed by atoms with Gasteiger partial charge in [0, 0.05) is 37.9 Å². The second-order valence-corrected chi connectivity index (χ2v) is 8.84. The maximum atomic E-state index is 14.0. The second kappa shape index (κ2) is 7.73. The van der Waals surface area contributed by atoms with E-state index in [9.17, 15) is 17.2 Å². The van der Waals surface area contributed by atoms with Crippen molar-refractivity contribution in [2.45, 2.75) is 18.7 Å². The zero-order chi connectivity index (χ0) is 21.5. The quantitative estimate of drug-likeness (QED) is 0.625. The van der Waals surface area contributed by atoms with E-state index in [-0.39, 0.29) is 13.1 Å². The molecule has 0 spiro atoms. The molecule has 1 aromatic carbocycles. The molecule has 0 radical (unpaired) electrons. The Morgan fingerprint density at radius 3 is 2.17 bits per heavy atom. The van der Waals surface area contributed by atoms with Crippen molar-refractivity contribution in [3.05, 3.63) is 59.9 Å². The lowest BCUT2D eigenvalue weighted by Gasteiger charge is -2.34. The van der Waals surface area contributed by atoms with Crippen LogP contribution >= 0.6 is 0 Å². The van der Waals surface area contributed by atoms with Crippen LogP contribution in [0.5, 0.6) is 0 Å². The summed E-state index contributed by atoms with van der Waals surface area (Å²) < 4.78 is 56.4. The molecule has 30 heavy (non-hydrogen) atoms. The lowest BCUT2D eigenvalue weighted by Crippen LogP contribution is -2.49. The van der Waals surface area contributed by atoms with Crippen LogP contribution in [0, 0.1) is 25.5 Å². The smallest absolute Gasteiger partial charge is 0.249 e. The number of anilines is 1. The van der Waals surface area contributed by atoms with Gasteiger partial charge >= 0.3 is 0 Å². The van der Waals surface area contributed by atoms with E-state index in [1.54, 1.807) is 12.4 Å². The normalized spacial score (nSPS) is 15.5. The molecule has 0 saturated carbocycles. The predicted octanol–water partition coefficient (Wildman–Crippen LogP) is 2.07. The second-order valence-electron chi connectivity index (χ2n) is 6.96. The van der Waals surface area contributed by atoms with Crippen molar-refractivity contribution in [3.63, 3.8) is 0 Å². The van der Waals surface area contributed by atoms with E-state index < -0.39 is 26.6 Å². The van der Waals surface area contributed by atoms with Gasteiger partial charge in [-0.1, -0.05) is 6.07 Å². The van der Waals surface area contributed by atoms with Gasteiger partial charge in [0.2, 0.25) is 10.0 Å². The molecule has 1 fully saturated rings. The first-order chi connectivity index (χ1) is 14.3. The molecular weight excluding hydrogens is 414 g/mol. The number of benzene rings is 1. The fourth-order valence-corrected chi connectivity index (χ4v) is 4.92. The number of sulfonamides is 1. The number of hydrogen-bond acceptors (Lipinski definition) is 6. The molecule has 0 bridgehead atoms. The van der Waals surface area contributed by atoms with Crippen molar-refractivity contribution >= 4 is 15.8 Å². The van der Waals surface area contributed by atoms with E-state index in [0.29, 0.717) is 24.7 Å². The Kier molecular flexibility index (Phi) is 5.24. The Morgan fingerprint density at radius 2 is 1.57 bits per heavy atom. The van der Waals surface area contributed by atoms with E-state index in [2.05, 4.69) is 15.0 Å². The van der Waals surface area contributed by atoms with Crippen molar-refractivity contribution in [2.75, 3.05) is 31.1 Å². The molecule has 3 aromatic rings. The van der Waals surface area contributed by atoms with E-state index >= 15 is 0 Å². The van der Waals surface area contributed by atoms with Crippen LogP contribution in [0.15, 0.2) is 41.8 Å². The summed E-state index contributed by atoms with van der Waals surface area (Å²) in [6, 6.07) is 4.81. The largest absolute Gasteiger partial charge is 0.354 e. The zero-order valence-corrected chi connectivity index (χ0v) is 17.3. The molecule has 1 saturated heterocycles. The summed E-state index contributed by atoms with van der Waals surface area (Å²) in [6.45, 7) is 4.67. The number of rotatable bonds is 4. The standard InChI is InChI=1S/C19H20F2N6O2S/c1-13-14(2)27(12-24-13)18-10-17(22-11-23-18)25-6-8-26(9-7-25)30(28,29)19-15(20)4-3-5-16(19)21/h3-5,10-12H,6-9H2,1-2H3. The van der Waals surface area contributed by atoms with Crippen molar-refractivity contribution in [2.24, 2.45) is 0 Å². The Labute approximate surface area is 172 Å². The topological polar surface area (TPSA) is 84.2 Å². The van der Waals surface area contributed by atoms with Crippen LogP contribution in [0.25, 0.3) is 5.82 Å². The van der Waals surface area contributed by atoms with Crippen LogP contribution in [0.1, 0.15) is 11.4 Å². The summed E-state index contributed by atoms with van der Waals surface area (Å²) in [4.78, 5) is 13.9. The minimum absolute atomic E-state index is 0.0820. The molecule has 1 aliphatic rings. The molecule has 0 unspecified atom stereocenters. The summed E-state index contributed by atoms with van der Waals surface area (Å²) in [6.07, 6.45) is 3.13. The van der Waals surface area contributed by atoms with E-state index in [4.69, 9.17) is 0 Å². The lowest BCUT2D eigenvalue weighted by molar-refractivity contribution is 0.377. The third-order valence-electron chi connectivity index (χ3n) is 5.22. The Morgan fingerprint density at radius 1 is 0.933 bits per heavy atom. The highest BCUT2D eigenvalue weighted by molar-refractivity contribution is 7.89. The fraction of sp³-hybridized carbons (Fsp3) is 0.316. The minimum Gasteiger partial charge on any atom is -0.354 e. The highest BCUT2D eigenvalue weighted by Gasteiger charge is 2.33. The first kappa shape index (κ1) is 20.4. The van der Waals surface area contributed by atoms with Crippen LogP contribution in [0.2, 0.25) is 0 Å². The summed E-state index contributed by atoms with van der Waals surface area (Å²) >= 11 is 0. The molecule has 1 aliphatic heterocycles. The number of halogens is 2. The summed E-state index contributed by atoms with van der Waals surface area (Å²) in [5.74, 6) is -0.894. The summed E-state index contributed by atoms with van der Waals surface area (Å²) in [7, 11) is -4.27. The highest BCUT2D eigenvalue weighted by atomic mass is 32.2. The van der Waals surface area contributed by atoms with E-state index in [1.165, 1.54) is 6.33 Å². The van der Waals surface area contributed by atoms with Gasteiger partial charge in [-0.2, -0.15) is 4.31 Å². The summed E-state index contributed by atoms with van der Waals surface area (Å²) in [5, 5.41) is 0. The van der Waals surface area contributed by atoms with E-state index in [1.807, 2.05) is 23.3 Å². The maximum absolute atomic E-state index is 14.0. The monoisotopic (exact) mass is 434 g/mol. The van der Waals surface area contributed by atoms with Crippen molar-refractivity contribution in [1.29, 1.82) is 0 Å². The minimum atomic E-state index is -4.27. The third kappa shape index (κ3) is 3.54. The number of hydrogen-bond donors (Lipinski definition) is 0. The van der Waals surface area contributed by atoms with Gasteiger partial charge in [-0.05, 0) is 26.0 Å². The molecule has 158 valence electrons. The predicted molar refractivity (Wildman–Crippen MR) is 106 cm³/mol.